The highest BCUT2D eigenvalue weighted by Crippen LogP contribution is 2.46. The molecule has 6 nitrogen and oxygen atoms in total. The van der Waals surface area contributed by atoms with E-state index in [0.717, 1.165) is 12.0 Å². The second kappa shape index (κ2) is 10.3. The summed E-state index contributed by atoms with van der Waals surface area (Å²) in [6, 6.07) is 7.06. The van der Waals surface area contributed by atoms with E-state index in [4.69, 9.17) is 21.1 Å². The summed E-state index contributed by atoms with van der Waals surface area (Å²) in [5.41, 5.74) is 0.371. The molecule has 4 atom stereocenters. The molecule has 2 aliphatic rings. The number of nitrogens with zero attached hydrogens (tertiary/aromatic N) is 1. The van der Waals surface area contributed by atoms with Crippen LogP contribution in [0.5, 0.6) is 0 Å². The summed E-state index contributed by atoms with van der Waals surface area (Å²) in [5.74, 6) is -0.630. The van der Waals surface area contributed by atoms with E-state index < -0.39 is 26.3 Å². The minimum Gasteiger partial charge on any atom is -0.348 e. The van der Waals surface area contributed by atoms with Crippen molar-refractivity contribution in [2.24, 2.45) is 5.41 Å². The maximum Gasteiger partial charge on any atom is 0.229 e. The van der Waals surface area contributed by atoms with Crippen molar-refractivity contribution in [3.05, 3.63) is 46.3 Å². The van der Waals surface area contributed by atoms with Gasteiger partial charge in [-0.2, -0.15) is 0 Å². The van der Waals surface area contributed by atoms with Crippen molar-refractivity contribution in [2.75, 3.05) is 6.61 Å². The summed E-state index contributed by atoms with van der Waals surface area (Å²) >= 11 is 6.11. The normalized spacial score (nSPS) is 28.7. The maximum absolute atomic E-state index is 14.1. The highest BCUT2D eigenvalue weighted by Gasteiger charge is 2.48. The molecule has 3 unspecified atom stereocenters. The zero-order valence-electron chi connectivity index (χ0n) is 21.1. The molecule has 2 heterocycles. The summed E-state index contributed by atoms with van der Waals surface area (Å²) in [5, 5.41) is 1.40. The smallest absolute Gasteiger partial charge is 0.229 e. The molecule has 0 N–H and O–H groups in total. The van der Waals surface area contributed by atoms with E-state index in [2.05, 4.69) is 0 Å². The second-order valence-corrected chi connectivity index (χ2v) is 13.3. The number of amides is 1. The average molecular weight is 512 g/mol. The van der Waals surface area contributed by atoms with Crippen molar-refractivity contribution < 1.29 is 22.7 Å². The zero-order valence-corrected chi connectivity index (χ0v) is 22.7. The van der Waals surface area contributed by atoms with Gasteiger partial charge >= 0.3 is 0 Å². The summed E-state index contributed by atoms with van der Waals surface area (Å²) in [6.07, 6.45) is 4.16. The van der Waals surface area contributed by atoms with E-state index in [1.165, 1.54) is 5.41 Å². The van der Waals surface area contributed by atoms with Crippen LogP contribution in [0.2, 0.25) is 5.02 Å². The number of benzene rings is 1. The van der Waals surface area contributed by atoms with E-state index in [1.807, 2.05) is 56.9 Å². The number of rotatable bonds is 8. The number of hydrogen-bond donors (Lipinski definition) is 0. The Bertz CT molecular complexity index is 1000. The van der Waals surface area contributed by atoms with Gasteiger partial charge in [0.05, 0.1) is 30.0 Å². The Morgan fingerprint density at radius 1 is 1.21 bits per heavy atom. The SMILES string of the molecule is CCC(/C=C/S(=O)(=O)C(C)C)N1C(=O)[C@@](C)(CC2COC(C)(C)O2)CCC1c1ccc(Cl)cc1. The Labute approximate surface area is 209 Å². The lowest BCUT2D eigenvalue weighted by molar-refractivity contribution is -0.160. The molecule has 0 aliphatic carbocycles. The van der Waals surface area contributed by atoms with Crippen molar-refractivity contribution in [3.63, 3.8) is 0 Å². The number of carbonyl (C=O) groups is 1. The fraction of sp³-hybridized carbons (Fsp3) is 0.654. The van der Waals surface area contributed by atoms with E-state index in [-0.39, 0.29) is 24.1 Å². The topological polar surface area (TPSA) is 72.9 Å². The molecule has 0 spiro atoms. The van der Waals surface area contributed by atoms with Crippen molar-refractivity contribution in [1.82, 2.24) is 4.90 Å². The van der Waals surface area contributed by atoms with Gasteiger partial charge in [-0.05, 0) is 71.1 Å². The Balaban J connectivity index is 1.95. The molecule has 3 rings (SSSR count). The van der Waals surface area contributed by atoms with Crippen LogP contribution in [0, 0.1) is 5.41 Å². The van der Waals surface area contributed by atoms with E-state index in [9.17, 15) is 13.2 Å². The van der Waals surface area contributed by atoms with Crippen LogP contribution in [0.25, 0.3) is 0 Å². The number of likely N-dealkylation sites (tertiary alicyclic amines) is 1. The molecule has 2 fully saturated rings. The molecule has 1 amide bonds. The highest BCUT2D eigenvalue weighted by molar-refractivity contribution is 7.94. The Morgan fingerprint density at radius 2 is 1.85 bits per heavy atom. The number of carbonyl (C=O) groups excluding carboxylic acids is 1. The van der Waals surface area contributed by atoms with Gasteiger partial charge in [0.2, 0.25) is 5.91 Å². The molecule has 34 heavy (non-hydrogen) atoms. The summed E-state index contributed by atoms with van der Waals surface area (Å²) < 4.78 is 36.7. The summed E-state index contributed by atoms with van der Waals surface area (Å²) in [6.45, 7) is 11.5. The predicted molar refractivity (Wildman–Crippen MR) is 135 cm³/mol. The third-order valence-corrected chi connectivity index (χ3v) is 9.08. The average Bonchev–Trinajstić information content (AvgIpc) is 3.10. The highest BCUT2D eigenvalue weighted by atomic mass is 35.5. The third kappa shape index (κ3) is 6.04. The van der Waals surface area contributed by atoms with Crippen LogP contribution in [-0.4, -0.2) is 49.0 Å². The van der Waals surface area contributed by atoms with Gasteiger partial charge in [-0.1, -0.05) is 43.7 Å². The van der Waals surface area contributed by atoms with E-state index in [1.54, 1.807) is 19.9 Å². The molecule has 0 radical (unpaired) electrons. The first kappa shape index (κ1) is 27.2. The Hall–Kier alpha value is -1.41. The van der Waals surface area contributed by atoms with Gasteiger partial charge in [0, 0.05) is 15.8 Å². The zero-order chi connectivity index (χ0) is 25.3. The van der Waals surface area contributed by atoms with Gasteiger partial charge in [-0.3, -0.25) is 4.79 Å². The van der Waals surface area contributed by atoms with E-state index in [0.29, 0.717) is 30.9 Å². The first-order chi connectivity index (χ1) is 15.8. The molecule has 2 saturated heterocycles. The van der Waals surface area contributed by atoms with Crippen LogP contribution in [0.3, 0.4) is 0 Å². The van der Waals surface area contributed by atoms with Crippen LogP contribution in [0.1, 0.15) is 78.8 Å². The lowest BCUT2D eigenvalue weighted by atomic mass is 9.73. The molecule has 190 valence electrons. The fourth-order valence-corrected chi connectivity index (χ4v) is 5.73. The van der Waals surface area contributed by atoms with Crippen LogP contribution in [0.4, 0.5) is 0 Å². The van der Waals surface area contributed by atoms with Crippen LogP contribution in [0.15, 0.2) is 35.7 Å². The Kier molecular flexibility index (Phi) is 8.23. The molecule has 8 heteroatoms. The quantitative estimate of drug-likeness (QED) is 0.449. The van der Waals surface area contributed by atoms with Crippen LogP contribution >= 0.6 is 11.6 Å². The monoisotopic (exact) mass is 511 g/mol. The molecule has 0 bridgehead atoms. The largest absolute Gasteiger partial charge is 0.348 e. The first-order valence-electron chi connectivity index (χ1n) is 12.1. The maximum atomic E-state index is 14.1. The molecule has 2 aliphatic heterocycles. The molecule has 0 saturated carbocycles. The summed E-state index contributed by atoms with van der Waals surface area (Å²) in [7, 11) is -3.38. The van der Waals surface area contributed by atoms with Gasteiger partial charge < -0.3 is 14.4 Å². The predicted octanol–water partition coefficient (Wildman–Crippen LogP) is 5.67. The van der Waals surface area contributed by atoms with Gasteiger partial charge in [-0.15, -0.1) is 0 Å². The van der Waals surface area contributed by atoms with Crippen molar-refractivity contribution in [3.8, 4) is 0 Å². The molecule has 0 aromatic heterocycles. The molecular weight excluding hydrogens is 474 g/mol. The standard InChI is InChI=1S/C26H38ClNO5S/c1-7-21(13-15-34(30,31)18(2)3)28-23(19-8-10-20(27)11-9-19)12-14-26(6,24(28)29)16-22-17-32-25(4,5)33-22/h8-11,13,15,18,21-23H,7,12,14,16-17H2,1-6H3/b15-13+/t21?,22?,23?,26-/m1/s1. The van der Waals surface area contributed by atoms with Crippen molar-refractivity contribution >= 4 is 27.3 Å². The number of hydrogen-bond acceptors (Lipinski definition) is 5. The van der Waals surface area contributed by atoms with Crippen molar-refractivity contribution in [2.45, 2.75) is 96.5 Å². The fourth-order valence-electron chi connectivity index (χ4n) is 4.89. The van der Waals surface area contributed by atoms with E-state index >= 15 is 0 Å². The lowest BCUT2D eigenvalue weighted by Crippen LogP contribution is -2.53. The van der Waals surface area contributed by atoms with Gasteiger partial charge in [-0.25, -0.2) is 8.42 Å². The number of piperidine rings is 1. The number of sulfone groups is 1. The Morgan fingerprint density at radius 3 is 2.38 bits per heavy atom. The third-order valence-electron chi connectivity index (χ3n) is 6.98. The first-order valence-corrected chi connectivity index (χ1v) is 14.1. The molecule has 1 aromatic carbocycles. The van der Waals surface area contributed by atoms with Crippen LogP contribution in [-0.2, 0) is 24.1 Å². The van der Waals surface area contributed by atoms with Crippen molar-refractivity contribution in [1.29, 1.82) is 0 Å². The van der Waals surface area contributed by atoms with Crippen LogP contribution < -0.4 is 0 Å². The van der Waals surface area contributed by atoms with Gasteiger partial charge in [0.1, 0.15) is 0 Å². The molecular formula is C26H38ClNO5S. The van der Waals surface area contributed by atoms with Gasteiger partial charge in [0.25, 0.3) is 0 Å². The van der Waals surface area contributed by atoms with Gasteiger partial charge in [0.15, 0.2) is 15.6 Å². The number of ether oxygens (including phenoxy) is 2. The minimum atomic E-state index is -3.38. The molecule has 1 aromatic rings. The summed E-state index contributed by atoms with van der Waals surface area (Å²) in [4.78, 5) is 16.0. The second-order valence-electron chi connectivity index (χ2n) is 10.5. The lowest BCUT2D eigenvalue weighted by Gasteiger charge is -2.48. The minimum absolute atomic E-state index is 0.0189. The number of halogens is 1.